The summed E-state index contributed by atoms with van der Waals surface area (Å²) >= 11 is 5.04. The Morgan fingerprint density at radius 1 is 1.44 bits per heavy atom. The van der Waals surface area contributed by atoms with E-state index in [1.54, 1.807) is 18.1 Å². The van der Waals surface area contributed by atoms with Crippen LogP contribution >= 0.6 is 12.2 Å². The maximum absolute atomic E-state index is 11.7. The fourth-order valence-electron chi connectivity index (χ4n) is 2.08. The first-order valence-electron chi connectivity index (χ1n) is 5.67. The third kappa shape index (κ3) is 1.80. The van der Waals surface area contributed by atoms with Gasteiger partial charge in [0.05, 0.1) is 30.9 Å². The van der Waals surface area contributed by atoms with Crippen LogP contribution in [0.25, 0.3) is 0 Å². The summed E-state index contributed by atoms with van der Waals surface area (Å²) in [5.74, 6) is 0.594. The van der Waals surface area contributed by atoms with Crippen molar-refractivity contribution >= 4 is 29.1 Å². The number of fused-ring (bicyclic) bond motifs is 1. The highest BCUT2D eigenvalue weighted by molar-refractivity contribution is 7.80. The van der Waals surface area contributed by atoms with Crippen LogP contribution in [0.2, 0.25) is 0 Å². The molecule has 0 radical (unpaired) electrons. The molecule has 0 bridgehead atoms. The number of hydrogen-bond acceptors (Lipinski definition) is 6. The topological polar surface area (TPSA) is 58.6 Å². The smallest absolute Gasteiger partial charge is 0.257 e. The van der Waals surface area contributed by atoms with Crippen LogP contribution in [0.1, 0.15) is 16.1 Å². The van der Waals surface area contributed by atoms with E-state index < -0.39 is 0 Å². The Bertz CT molecular complexity index is 534. The Balaban J connectivity index is 1.89. The van der Waals surface area contributed by atoms with Gasteiger partial charge in [-0.3, -0.25) is 4.79 Å². The molecule has 18 heavy (non-hydrogen) atoms. The van der Waals surface area contributed by atoms with Gasteiger partial charge in [0.1, 0.15) is 6.61 Å². The number of hydrogen-bond donors (Lipinski definition) is 0. The number of aromatic nitrogens is 2. The van der Waals surface area contributed by atoms with Gasteiger partial charge in [0.15, 0.2) is 5.05 Å². The third-order valence-corrected chi connectivity index (χ3v) is 3.29. The van der Waals surface area contributed by atoms with Gasteiger partial charge in [-0.2, -0.15) is 0 Å². The first kappa shape index (κ1) is 11.3. The first-order chi connectivity index (χ1) is 8.65. The van der Waals surface area contributed by atoms with Gasteiger partial charge in [-0.15, -0.1) is 0 Å². The number of carbonyl (C=O) groups excluding carboxylic acids is 1. The SMILES string of the molecule is CN1Cc2nc(N3CCOC(=S)C3)ncc2C1=O. The Kier molecular flexibility index (Phi) is 2.62. The first-order valence-corrected chi connectivity index (χ1v) is 6.08. The third-order valence-electron chi connectivity index (χ3n) is 3.05. The predicted molar refractivity (Wildman–Crippen MR) is 68.6 cm³/mol. The minimum Gasteiger partial charge on any atom is -0.483 e. The minimum atomic E-state index is -0.0194. The maximum atomic E-state index is 11.7. The molecule has 0 aromatic carbocycles. The van der Waals surface area contributed by atoms with Crippen LogP contribution in [-0.2, 0) is 11.3 Å². The molecule has 1 aromatic heterocycles. The van der Waals surface area contributed by atoms with Gasteiger partial charge < -0.3 is 14.5 Å². The summed E-state index contributed by atoms with van der Waals surface area (Å²) in [5, 5.41) is 0.554. The van der Waals surface area contributed by atoms with Gasteiger partial charge in [0, 0.05) is 13.2 Å². The Labute approximate surface area is 110 Å². The molecule has 0 N–H and O–H groups in total. The zero-order valence-corrected chi connectivity index (χ0v) is 10.7. The molecule has 0 atom stereocenters. The van der Waals surface area contributed by atoms with E-state index in [1.807, 2.05) is 4.90 Å². The van der Waals surface area contributed by atoms with Crippen molar-refractivity contribution in [2.45, 2.75) is 6.54 Å². The minimum absolute atomic E-state index is 0.0194. The predicted octanol–water partition coefficient (Wildman–Crippen LogP) is 0.226. The monoisotopic (exact) mass is 264 g/mol. The second-order valence-electron chi connectivity index (χ2n) is 4.33. The van der Waals surface area contributed by atoms with E-state index in [9.17, 15) is 4.79 Å². The van der Waals surface area contributed by atoms with Crippen molar-refractivity contribution < 1.29 is 9.53 Å². The van der Waals surface area contributed by atoms with Crippen molar-refractivity contribution in [2.24, 2.45) is 0 Å². The van der Waals surface area contributed by atoms with Crippen LogP contribution in [0, 0.1) is 0 Å². The summed E-state index contributed by atoms with van der Waals surface area (Å²) in [7, 11) is 1.76. The lowest BCUT2D eigenvalue weighted by atomic mass is 10.3. The molecule has 1 amide bonds. The Morgan fingerprint density at radius 2 is 2.28 bits per heavy atom. The highest BCUT2D eigenvalue weighted by Gasteiger charge is 2.28. The van der Waals surface area contributed by atoms with Crippen LogP contribution in [0.5, 0.6) is 0 Å². The highest BCUT2D eigenvalue weighted by atomic mass is 32.1. The number of carbonyl (C=O) groups is 1. The molecule has 1 aromatic rings. The summed E-state index contributed by atoms with van der Waals surface area (Å²) in [4.78, 5) is 24.0. The molecule has 1 fully saturated rings. The molecular weight excluding hydrogens is 252 g/mol. The van der Waals surface area contributed by atoms with E-state index in [0.717, 1.165) is 5.69 Å². The number of thiocarbonyl (C=S) groups is 1. The summed E-state index contributed by atoms with van der Waals surface area (Å²) in [5.41, 5.74) is 1.38. The number of rotatable bonds is 1. The highest BCUT2D eigenvalue weighted by Crippen LogP contribution is 2.21. The van der Waals surface area contributed by atoms with Crippen molar-refractivity contribution in [3.63, 3.8) is 0 Å². The number of amides is 1. The summed E-state index contributed by atoms with van der Waals surface area (Å²) in [6.45, 7) is 2.33. The normalized spacial score (nSPS) is 18.9. The molecule has 0 saturated carbocycles. The van der Waals surface area contributed by atoms with Crippen LogP contribution in [-0.4, -0.2) is 52.6 Å². The Hall–Kier alpha value is -1.76. The fraction of sp³-hybridized carbons (Fsp3) is 0.455. The maximum Gasteiger partial charge on any atom is 0.257 e. The average molecular weight is 264 g/mol. The lowest BCUT2D eigenvalue weighted by Crippen LogP contribution is -2.40. The molecule has 0 aliphatic carbocycles. The fourth-order valence-corrected chi connectivity index (χ4v) is 2.32. The summed E-state index contributed by atoms with van der Waals surface area (Å²) in [6.07, 6.45) is 1.60. The van der Waals surface area contributed by atoms with Crippen molar-refractivity contribution in [1.82, 2.24) is 14.9 Å². The van der Waals surface area contributed by atoms with Gasteiger partial charge in [-0.1, -0.05) is 0 Å². The lowest BCUT2D eigenvalue weighted by molar-refractivity contribution is 0.0816. The van der Waals surface area contributed by atoms with Crippen LogP contribution in [0.15, 0.2) is 6.20 Å². The van der Waals surface area contributed by atoms with E-state index in [0.29, 0.717) is 42.8 Å². The molecule has 3 rings (SSSR count). The quantitative estimate of drug-likeness (QED) is 0.677. The van der Waals surface area contributed by atoms with Gasteiger partial charge >= 0.3 is 0 Å². The van der Waals surface area contributed by atoms with Crippen LogP contribution < -0.4 is 4.90 Å². The van der Waals surface area contributed by atoms with Gasteiger partial charge in [-0.25, -0.2) is 9.97 Å². The molecule has 2 aliphatic heterocycles. The summed E-state index contributed by atoms with van der Waals surface area (Å²) in [6, 6.07) is 0. The molecule has 2 aliphatic rings. The van der Waals surface area contributed by atoms with Crippen molar-refractivity contribution in [1.29, 1.82) is 0 Å². The van der Waals surface area contributed by atoms with E-state index in [-0.39, 0.29) is 5.91 Å². The largest absolute Gasteiger partial charge is 0.483 e. The zero-order chi connectivity index (χ0) is 12.7. The van der Waals surface area contributed by atoms with Gasteiger partial charge in [0.2, 0.25) is 5.95 Å². The molecule has 0 spiro atoms. The molecule has 0 unspecified atom stereocenters. The molecular formula is C11H12N4O2S. The average Bonchev–Trinajstić information content (AvgIpc) is 2.65. The number of morpholine rings is 1. The van der Waals surface area contributed by atoms with Crippen LogP contribution in [0.3, 0.4) is 0 Å². The van der Waals surface area contributed by atoms with E-state index in [1.165, 1.54) is 0 Å². The van der Waals surface area contributed by atoms with E-state index >= 15 is 0 Å². The molecule has 1 saturated heterocycles. The lowest BCUT2D eigenvalue weighted by Gasteiger charge is -2.27. The van der Waals surface area contributed by atoms with Crippen molar-refractivity contribution in [3.8, 4) is 0 Å². The molecule has 94 valence electrons. The van der Waals surface area contributed by atoms with Crippen molar-refractivity contribution in [2.75, 3.05) is 31.6 Å². The molecule has 6 nitrogen and oxygen atoms in total. The second-order valence-corrected chi connectivity index (χ2v) is 4.79. The number of anilines is 1. The summed E-state index contributed by atoms with van der Waals surface area (Å²) < 4.78 is 5.23. The molecule has 7 heteroatoms. The van der Waals surface area contributed by atoms with E-state index in [2.05, 4.69) is 9.97 Å². The van der Waals surface area contributed by atoms with Crippen LogP contribution in [0.4, 0.5) is 5.95 Å². The van der Waals surface area contributed by atoms with Gasteiger partial charge in [0.25, 0.3) is 5.91 Å². The Morgan fingerprint density at radius 3 is 3.06 bits per heavy atom. The second kappa shape index (κ2) is 4.16. The standard InChI is InChI=1S/C11H12N4O2S/c1-14-5-8-7(10(14)16)4-12-11(13-8)15-2-3-17-9(18)6-15/h4H,2-3,5-6H2,1H3. The van der Waals surface area contributed by atoms with Gasteiger partial charge in [-0.05, 0) is 12.2 Å². The number of nitrogens with zero attached hydrogens (tertiary/aromatic N) is 4. The number of ether oxygens (including phenoxy) is 1. The zero-order valence-electron chi connectivity index (χ0n) is 9.92. The molecule has 3 heterocycles. The van der Waals surface area contributed by atoms with Crippen molar-refractivity contribution in [3.05, 3.63) is 17.5 Å². The van der Waals surface area contributed by atoms with E-state index in [4.69, 9.17) is 17.0 Å².